The van der Waals surface area contributed by atoms with Gasteiger partial charge in [-0.25, -0.2) is 0 Å². The normalized spacial score (nSPS) is 10.7. The summed E-state index contributed by atoms with van der Waals surface area (Å²) in [6, 6.07) is 13.2. The van der Waals surface area contributed by atoms with E-state index in [4.69, 9.17) is 21.9 Å². The fourth-order valence-electron chi connectivity index (χ4n) is 1.82. The molecular formula is C15H12ClN3O. The van der Waals surface area contributed by atoms with E-state index in [1.54, 1.807) is 18.2 Å². The van der Waals surface area contributed by atoms with Crippen LogP contribution in [0.3, 0.4) is 0 Å². The average molecular weight is 286 g/mol. The minimum atomic E-state index is 0.419. The zero-order valence-electron chi connectivity index (χ0n) is 10.8. The van der Waals surface area contributed by atoms with E-state index in [0.29, 0.717) is 22.4 Å². The first kappa shape index (κ1) is 12.7. The molecule has 0 amide bonds. The molecule has 5 heteroatoms. The SMILES string of the molecule is Cc1ccc(-c2noc(-c3ccc(N)c(Cl)c3)n2)cc1. The van der Waals surface area contributed by atoms with Crippen LogP contribution in [0.2, 0.25) is 5.02 Å². The maximum Gasteiger partial charge on any atom is 0.258 e. The van der Waals surface area contributed by atoms with Gasteiger partial charge in [0.2, 0.25) is 5.82 Å². The highest BCUT2D eigenvalue weighted by atomic mass is 35.5. The van der Waals surface area contributed by atoms with Gasteiger partial charge in [-0.1, -0.05) is 46.6 Å². The van der Waals surface area contributed by atoms with Crippen molar-refractivity contribution in [2.45, 2.75) is 6.92 Å². The summed E-state index contributed by atoms with van der Waals surface area (Å²) in [6.45, 7) is 2.03. The number of anilines is 1. The monoisotopic (exact) mass is 285 g/mol. The predicted octanol–water partition coefficient (Wildman–Crippen LogP) is 3.95. The Morgan fingerprint density at radius 1 is 1.05 bits per heavy atom. The van der Waals surface area contributed by atoms with Crippen LogP contribution < -0.4 is 5.73 Å². The molecule has 0 aliphatic rings. The van der Waals surface area contributed by atoms with Crippen molar-refractivity contribution in [1.82, 2.24) is 10.1 Å². The standard InChI is InChI=1S/C15H12ClN3O/c1-9-2-4-10(5-3-9)14-18-15(20-19-14)11-6-7-13(17)12(16)8-11/h2-8H,17H2,1H3. The van der Waals surface area contributed by atoms with Gasteiger partial charge in [0.15, 0.2) is 0 Å². The molecule has 20 heavy (non-hydrogen) atoms. The van der Waals surface area contributed by atoms with Gasteiger partial charge in [-0.15, -0.1) is 0 Å². The van der Waals surface area contributed by atoms with Gasteiger partial charge < -0.3 is 10.3 Å². The van der Waals surface area contributed by atoms with Crippen molar-refractivity contribution in [3.63, 3.8) is 0 Å². The van der Waals surface area contributed by atoms with Crippen LogP contribution in [0.5, 0.6) is 0 Å². The lowest BCUT2D eigenvalue weighted by Gasteiger charge is -1.98. The van der Waals surface area contributed by atoms with Gasteiger partial charge >= 0.3 is 0 Å². The number of benzene rings is 2. The van der Waals surface area contributed by atoms with E-state index < -0.39 is 0 Å². The molecule has 1 heterocycles. The van der Waals surface area contributed by atoms with Gasteiger partial charge in [0.05, 0.1) is 10.7 Å². The average Bonchev–Trinajstić information content (AvgIpc) is 2.92. The molecule has 3 rings (SSSR count). The number of hydrogen-bond acceptors (Lipinski definition) is 4. The molecule has 3 aromatic rings. The van der Waals surface area contributed by atoms with E-state index >= 15 is 0 Å². The van der Waals surface area contributed by atoms with Crippen molar-refractivity contribution in [1.29, 1.82) is 0 Å². The van der Waals surface area contributed by atoms with Crippen molar-refractivity contribution in [2.24, 2.45) is 0 Å². The molecule has 2 N–H and O–H groups in total. The predicted molar refractivity (Wildman–Crippen MR) is 79.3 cm³/mol. The van der Waals surface area contributed by atoms with Crippen molar-refractivity contribution in [2.75, 3.05) is 5.73 Å². The molecule has 0 unspecified atom stereocenters. The maximum atomic E-state index is 5.99. The summed E-state index contributed by atoms with van der Waals surface area (Å²) in [5.41, 5.74) is 9.04. The summed E-state index contributed by atoms with van der Waals surface area (Å²) < 4.78 is 5.27. The summed E-state index contributed by atoms with van der Waals surface area (Å²) in [7, 11) is 0. The van der Waals surface area contributed by atoms with E-state index in [-0.39, 0.29) is 0 Å². The Labute approximate surface area is 121 Å². The fraction of sp³-hybridized carbons (Fsp3) is 0.0667. The molecule has 0 spiro atoms. The molecule has 4 nitrogen and oxygen atoms in total. The smallest absolute Gasteiger partial charge is 0.258 e. The second kappa shape index (κ2) is 4.98. The Balaban J connectivity index is 1.97. The first-order valence-corrected chi connectivity index (χ1v) is 6.47. The second-order valence-corrected chi connectivity index (χ2v) is 4.93. The highest BCUT2D eigenvalue weighted by Crippen LogP contribution is 2.27. The lowest BCUT2D eigenvalue weighted by atomic mass is 10.1. The molecular weight excluding hydrogens is 274 g/mol. The molecule has 0 bridgehead atoms. The van der Waals surface area contributed by atoms with Crippen LogP contribution >= 0.6 is 11.6 Å². The summed E-state index contributed by atoms with van der Waals surface area (Å²) in [5, 5.41) is 4.45. The van der Waals surface area contributed by atoms with Crippen molar-refractivity contribution < 1.29 is 4.52 Å². The van der Waals surface area contributed by atoms with Gasteiger partial charge in [-0.2, -0.15) is 4.98 Å². The van der Waals surface area contributed by atoms with Crippen LogP contribution in [0.25, 0.3) is 22.8 Å². The van der Waals surface area contributed by atoms with E-state index in [1.807, 2.05) is 31.2 Å². The zero-order valence-corrected chi connectivity index (χ0v) is 11.6. The molecule has 0 aliphatic carbocycles. The molecule has 0 saturated heterocycles. The minimum absolute atomic E-state index is 0.419. The molecule has 1 aromatic heterocycles. The molecule has 0 fully saturated rings. The first-order chi connectivity index (χ1) is 9.63. The Hall–Kier alpha value is -2.33. The van der Waals surface area contributed by atoms with Gasteiger partial charge in [0, 0.05) is 11.1 Å². The molecule has 0 radical (unpaired) electrons. The van der Waals surface area contributed by atoms with E-state index in [2.05, 4.69) is 10.1 Å². The van der Waals surface area contributed by atoms with Crippen LogP contribution in [-0.4, -0.2) is 10.1 Å². The third kappa shape index (κ3) is 2.38. The molecule has 2 aromatic carbocycles. The van der Waals surface area contributed by atoms with Gasteiger partial charge in [0.25, 0.3) is 5.89 Å². The van der Waals surface area contributed by atoms with Crippen molar-refractivity contribution in [3.05, 3.63) is 53.1 Å². The van der Waals surface area contributed by atoms with E-state index in [0.717, 1.165) is 11.1 Å². The van der Waals surface area contributed by atoms with Crippen molar-refractivity contribution >= 4 is 17.3 Å². The van der Waals surface area contributed by atoms with Crippen LogP contribution in [0.15, 0.2) is 47.0 Å². The molecule has 0 atom stereocenters. The highest BCUT2D eigenvalue weighted by molar-refractivity contribution is 6.33. The quantitative estimate of drug-likeness (QED) is 0.724. The lowest BCUT2D eigenvalue weighted by molar-refractivity contribution is 0.432. The van der Waals surface area contributed by atoms with Gasteiger partial charge in [-0.05, 0) is 25.1 Å². The third-order valence-corrected chi connectivity index (χ3v) is 3.31. The summed E-state index contributed by atoms with van der Waals surface area (Å²) >= 11 is 5.99. The number of rotatable bonds is 2. The number of aryl methyl sites for hydroxylation is 1. The maximum absolute atomic E-state index is 5.99. The third-order valence-electron chi connectivity index (χ3n) is 2.98. The van der Waals surface area contributed by atoms with E-state index in [1.165, 1.54) is 5.56 Å². The van der Waals surface area contributed by atoms with Crippen LogP contribution in [-0.2, 0) is 0 Å². The zero-order chi connectivity index (χ0) is 14.1. The summed E-state index contributed by atoms with van der Waals surface area (Å²) in [5.74, 6) is 0.968. The first-order valence-electron chi connectivity index (χ1n) is 6.09. The van der Waals surface area contributed by atoms with Crippen LogP contribution in [0.1, 0.15) is 5.56 Å². The minimum Gasteiger partial charge on any atom is -0.398 e. The Bertz CT molecular complexity index is 750. The lowest BCUT2D eigenvalue weighted by Crippen LogP contribution is -1.87. The summed E-state index contributed by atoms with van der Waals surface area (Å²) in [6.07, 6.45) is 0. The Morgan fingerprint density at radius 2 is 1.75 bits per heavy atom. The summed E-state index contributed by atoms with van der Waals surface area (Å²) in [4.78, 5) is 4.37. The number of aromatic nitrogens is 2. The topological polar surface area (TPSA) is 64.9 Å². The Morgan fingerprint density at radius 3 is 2.45 bits per heavy atom. The molecule has 0 saturated carbocycles. The molecule has 0 aliphatic heterocycles. The number of halogens is 1. The van der Waals surface area contributed by atoms with Gasteiger partial charge in [0.1, 0.15) is 0 Å². The largest absolute Gasteiger partial charge is 0.398 e. The number of nitrogen functional groups attached to an aromatic ring is 1. The van der Waals surface area contributed by atoms with Gasteiger partial charge in [-0.3, -0.25) is 0 Å². The number of hydrogen-bond donors (Lipinski definition) is 1. The van der Waals surface area contributed by atoms with Crippen LogP contribution in [0, 0.1) is 6.92 Å². The fourth-order valence-corrected chi connectivity index (χ4v) is 2.00. The second-order valence-electron chi connectivity index (χ2n) is 4.53. The van der Waals surface area contributed by atoms with Crippen molar-refractivity contribution in [3.8, 4) is 22.8 Å². The van der Waals surface area contributed by atoms with Crippen LogP contribution in [0.4, 0.5) is 5.69 Å². The Kier molecular flexibility index (Phi) is 3.16. The molecule has 100 valence electrons. The highest BCUT2D eigenvalue weighted by Gasteiger charge is 2.11. The number of nitrogens with two attached hydrogens (primary N) is 1. The van der Waals surface area contributed by atoms with E-state index in [9.17, 15) is 0 Å². The number of nitrogens with zero attached hydrogens (tertiary/aromatic N) is 2.